The molecule has 0 aliphatic carbocycles. The van der Waals surface area contributed by atoms with E-state index in [1.165, 1.54) is 21.8 Å². The van der Waals surface area contributed by atoms with E-state index in [4.69, 9.17) is 4.74 Å². The SMILES string of the molecule is O=c1sc2c(n1-c1ccccc1)SC[C@@H]1COc3ccccc3[C@H]21. The number of benzene rings is 2. The summed E-state index contributed by atoms with van der Waals surface area (Å²) in [4.78, 5) is 14.0. The highest BCUT2D eigenvalue weighted by molar-refractivity contribution is 7.99. The molecular weight excluding hydrogens is 338 g/mol. The van der Waals surface area contributed by atoms with Gasteiger partial charge in [-0.2, -0.15) is 0 Å². The van der Waals surface area contributed by atoms with E-state index < -0.39 is 0 Å². The zero-order chi connectivity index (χ0) is 16.1. The summed E-state index contributed by atoms with van der Waals surface area (Å²) in [5.74, 6) is 2.65. The highest BCUT2D eigenvalue weighted by atomic mass is 32.2. The van der Waals surface area contributed by atoms with Gasteiger partial charge in [-0.1, -0.05) is 47.7 Å². The Balaban J connectivity index is 1.72. The van der Waals surface area contributed by atoms with Gasteiger partial charge in [-0.05, 0) is 18.2 Å². The van der Waals surface area contributed by atoms with E-state index in [1.807, 2.05) is 47.0 Å². The smallest absolute Gasteiger partial charge is 0.312 e. The van der Waals surface area contributed by atoms with Crippen molar-refractivity contribution in [3.8, 4) is 11.4 Å². The minimum Gasteiger partial charge on any atom is -0.493 e. The van der Waals surface area contributed by atoms with Crippen molar-refractivity contribution in [2.75, 3.05) is 12.4 Å². The summed E-state index contributed by atoms with van der Waals surface area (Å²) < 4.78 is 7.81. The van der Waals surface area contributed by atoms with E-state index in [2.05, 4.69) is 12.1 Å². The van der Waals surface area contributed by atoms with Crippen molar-refractivity contribution in [3.05, 3.63) is 74.7 Å². The Morgan fingerprint density at radius 3 is 2.71 bits per heavy atom. The molecule has 1 aromatic heterocycles. The first kappa shape index (κ1) is 14.4. The van der Waals surface area contributed by atoms with Crippen LogP contribution in [0.5, 0.6) is 5.75 Å². The molecule has 5 rings (SSSR count). The van der Waals surface area contributed by atoms with Crippen LogP contribution in [0.2, 0.25) is 0 Å². The molecule has 2 atom stereocenters. The summed E-state index contributed by atoms with van der Waals surface area (Å²) in [6.07, 6.45) is 0. The van der Waals surface area contributed by atoms with Gasteiger partial charge in [0.15, 0.2) is 0 Å². The third-order valence-corrected chi connectivity index (χ3v) is 7.13. The highest BCUT2D eigenvalue weighted by Crippen LogP contribution is 2.50. The first-order valence-electron chi connectivity index (χ1n) is 7.98. The Morgan fingerprint density at radius 2 is 1.83 bits per heavy atom. The van der Waals surface area contributed by atoms with Crippen LogP contribution in [0.3, 0.4) is 0 Å². The molecule has 0 bridgehead atoms. The maximum Gasteiger partial charge on any atom is 0.312 e. The summed E-state index contributed by atoms with van der Waals surface area (Å²) in [6.45, 7) is 0.728. The highest BCUT2D eigenvalue weighted by Gasteiger charge is 2.39. The Hall–Kier alpha value is -1.98. The van der Waals surface area contributed by atoms with Crippen LogP contribution >= 0.6 is 23.1 Å². The molecule has 3 nitrogen and oxygen atoms in total. The Labute approximate surface area is 147 Å². The van der Waals surface area contributed by atoms with Crippen molar-refractivity contribution in [1.82, 2.24) is 4.57 Å². The number of nitrogens with zero attached hydrogens (tertiary/aromatic N) is 1. The van der Waals surface area contributed by atoms with Crippen LogP contribution in [0.15, 0.2) is 64.4 Å². The molecule has 2 aliphatic heterocycles. The number of ether oxygens (including phenoxy) is 1. The van der Waals surface area contributed by atoms with E-state index in [0.29, 0.717) is 5.92 Å². The van der Waals surface area contributed by atoms with E-state index in [-0.39, 0.29) is 10.8 Å². The molecule has 0 saturated carbocycles. The number of rotatable bonds is 1. The van der Waals surface area contributed by atoms with Crippen molar-refractivity contribution in [2.24, 2.45) is 5.92 Å². The lowest BCUT2D eigenvalue weighted by molar-refractivity contribution is 0.219. The van der Waals surface area contributed by atoms with Gasteiger partial charge in [-0.25, -0.2) is 0 Å². The molecule has 24 heavy (non-hydrogen) atoms. The fourth-order valence-electron chi connectivity index (χ4n) is 3.61. The Bertz CT molecular complexity index is 961. The number of hydrogen-bond acceptors (Lipinski definition) is 4. The number of thiazole rings is 1. The summed E-state index contributed by atoms with van der Waals surface area (Å²) in [5, 5.41) is 1.11. The van der Waals surface area contributed by atoms with Crippen LogP contribution in [-0.4, -0.2) is 16.9 Å². The third-order valence-electron chi connectivity index (χ3n) is 4.70. The van der Waals surface area contributed by atoms with Crippen molar-refractivity contribution in [3.63, 3.8) is 0 Å². The molecule has 0 radical (unpaired) electrons. The number of hydrogen-bond donors (Lipinski definition) is 0. The van der Waals surface area contributed by atoms with Gasteiger partial charge in [-0.15, -0.1) is 11.8 Å². The van der Waals surface area contributed by atoms with Crippen LogP contribution < -0.4 is 9.61 Å². The van der Waals surface area contributed by atoms with Crippen molar-refractivity contribution in [2.45, 2.75) is 10.9 Å². The van der Waals surface area contributed by atoms with E-state index in [9.17, 15) is 4.79 Å². The molecule has 0 spiro atoms. The fourth-order valence-corrected chi connectivity index (χ4v) is 6.32. The number of fused-ring (bicyclic) bond motifs is 5. The number of para-hydroxylation sites is 2. The molecule has 2 aliphatic rings. The molecule has 3 heterocycles. The first-order valence-corrected chi connectivity index (χ1v) is 9.79. The van der Waals surface area contributed by atoms with Gasteiger partial charge in [0.05, 0.1) is 17.3 Å². The first-order chi connectivity index (χ1) is 11.8. The van der Waals surface area contributed by atoms with Crippen LogP contribution in [0.1, 0.15) is 16.4 Å². The van der Waals surface area contributed by atoms with Crippen molar-refractivity contribution >= 4 is 23.1 Å². The van der Waals surface area contributed by atoms with Crippen molar-refractivity contribution < 1.29 is 4.74 Å². The maximum atomic E-state index is 12.7. The normalized spacial score (nSPS) is 21.3. The maximum absolute atomic E-state index is 12.7. The number of aromatic nitrogens is 1. The molecule has 3 aromatic rings. The summed E-state index contributed by atoms with van der Waals surface area (Å²) in [7, 11) is 0. The lowest BCUT2D eigenvalue weighted by Crippen LogP contribution is -2.31. The lowest BCUT2D eigenvalue weighted by Gasteiger charge is -2.36. The van der Waals surface area contributed by atoms with Crippen LogP contribution in [0, 0.1) is 5.92 Å². The van der Waals surface area contributed by atoms with E-state index in [0.717, 1.165) is 28.8 Å². The molecule has 5 heteroatoms. The summed E-state index contributed by atoms with van der Waals surface area (Å²) >= 11 is 3.18. The predicted octanol–water partition coefficient (Wildman–Crippen LogP) is 4.15. The molecular formula is C19H15NO2S2. The zero-order valence-electron chi connectivity index (χ0n) is 12.8. The quantitative estimate of drug-likeness (QED) is 0.659. The van der Waals surface area contributed by atoms with E-state index in [1.54, 1.807) is 11.8 Å². The van der Waals surface area contributed by atoms with Crippen molar-refractivity contribution in [1.29, 1.82) is 0 Å². The minimum atomic E-state index is 0.100. The zero-order valence-corrected chi connectivity index (χ0v) is 14.5. The molecule has 120 valence electrons. The molecule has 2 aromatic carbocycles. The minimum absolute atomic E-state index is 0.100. The summed E-state index contributed by atoms with van der Waals surface area (Å²) in [5.41, 5.74) is 2.17. The van der Waals surface area contributed by atoms with Gasteiger partial charge in [-0.3, -0.25) is 9.36 Å². The molecule has 0 fully saturated rings. The van der Waals surface area contributed by atoms with Crippen LogP contribution in [0.25, 0.3) is 5.69 Å². The average Bonchev–Trinajstić information content (AvgIpc) is 2.98. The lowest BCUT2D eigenvalue weighted by atomic mass is 9.84. The van der Waals surface area contributed by atoms with Crippen LogP contribution in [0.4, 0.5) is 0 Å². The molecule has 0 amide bonds. The third kappa shape index (κ3) is 2.08. The Kier molecular flexibility index (Phi) is 3.31. The standard InChI is InChI=1S/C19H15NO2S2/c21-19-20(13-6-2-1-3-7-13)18-17(24-19)16-12(11-23-18)10-22-15-9-5-4-8-14(15)16/h1-9,12,16H,10-11H2/t12-,16+/m0/s1. The van der Waals surface area contributed by atoms with Gasteiger partial charge in [0.25, 0.3) is 0 Å². The molecule has 0 unspecified atom stereocenters. The monoisotopic (exact) mass is 353 g/mol. The second-order valence-corrected chi connectivity index (χ2v) is 8.11. The molecule has 0 N–H and O–H groups in total. The van der Waals surface area contributed by atoms with Gasteiger partial charge in [0.2, 0.25) is 0 Å². The summed E-state index contributed by atoms with van der Waals surface area (Å²) in [6, 6.07) is 18.2. The predicted molar refractivity (Wildman–Crippen MR) is 97.9 cm³/mol. The number of thioether (sulfide) groups is 1. The average molecular weight is 353 g/mol. The van der Waals surface area contributed by atoms with Gasteiger partial charge in [0, 0.05) is 28.0 Å². The van der Waals surface area contributed by atoms with E-state index >= 15 is 0 Å². The second kappa shape index (κ2) is 5.53. The van der Waals surface area contributed by atoms with Crippen LogP contribution in [-0.2, 0) is 0 Å². The largest absolute Gasteiger partial charge is 0.493 e. The topological polar surface area (TPSA) is 31.2 Å². The van der Waals surface area contributed by atoms with Gasteiger partial charge < -0.3 is 4.74 Å². The van der Waals surface area contributed by atoms with Gasteiger partial charge >= 0.3 is 4.87 Å². The second-order valence-electron chi connectivity index (χ2n) is 6.11. The fraction of sp³-hybridized carbons (Fsp3) is 0.211. The molecule has 0 saturated heterocycles. The Morgan fingerprint density at radius 1 is 1.04 bits per heavy atom. The van der Waals surface area contributed by atoms with Gasteiger partial charge in [0.1, 0.15) is 5.75 Å².